The van der Waals surface area contributed by atoms with Crippen molar-refractivity contribution in [3.05, 3.63) is 71.7 Å². The minimum atomic E-state index is -0.0316. The molecule has 0 atom stereocenters. The number of amides is 1. The lowest BCUT2D eigenvalue weighted by molar-refractivity contribution is 0.0784. The molecule has 0 aliphatic carbocycles. The van der Waals surface area contributed by atoms with E-state index in [1.807, 2.05) is 38.2 Å². The van der Waals surface area contributed by atoms with E-state index in [2.05, 4.69) is 33.2 Å². The van der Waals surface area contributed by atoms with Crippen molar-refractivity contribution >= 4 is 11.6 Å². The standard InChI is InChI=1S/C22H25N5O/c1-17-19(15-24-27(17)21-11-5-6-12-23-21)22(28)25(2)16-18-9-3-4-10-20(18)26-13-7-8-14-26/h3-6,9-12,15H,7-8,13-14,16H2,1-2H3. The van der Waals surface area contributed by atoms with Gasteiger partial charge in [0.25, 0.3) is 5.91 Å². The third-order valence-corrected chi connectivity index (χ3v) is 5.30. The summed E-state index contributed by atoms with van der Waals surface area (Å²) in [7, 11) is 1.85. The lowest BCUT2D eigenvalue weighted by Gasteiger charge is -2.24. The molecule has 0 spiro atoms. The summed E-state index contributed by atoms with van der Waals surface area (Å²) in [5, 5.41) is 4.38. The van der Waals surface area contributed by atoms with Crippen molar-refractivity contribution in [2.45, 2.75) is 26.3 Å². The number of pyridine rings is 1. The van der Waals surface area contributed by atoms with Gasteiger partial charge >= 0.3 is 0 Å². The summed E-state index contributed by atoms with van der Waals surface area (Å²) in [6.07, 6.45) is 5.82. The predicted molar refractivity (Wildman–Crippen MR) is 110 cm³/mol. The Hall–Kier alpha value is -3.15. The van der Waals surface area contributed by atoms with E-state index in [4.69, 9.17) is 0 Å². The smallest absolute Gasteiger partial charge is 0.257 e. The first-order chi connectivity index (χ1) is 13.6. The minimum absolute atomic E-state index is 0.0316. The summed E-state index contributed by atoms with van der Waals surface area (Å²) in [5.74, 6) is 0.678. The summed E-state index contributed by atoms with van der Waals surface area (Å²) in [6.45, 7) is 4.65. The van der Waals surface area contributed by atoms with E-state index in [1.54, 1.807) is 22.0 Å². The van der Waals surface area contributed by atoms with Crippen molar-refractivity contribution in [3.63, 3.8) is 0 Å². The van der Waals surface area contributed by atoms with E-state index in [-0.39, 0.29) is 5.91 Å². The number of aromatic nitrogens is 3. The number of carbonyl (C=O) groups is 1. The van der Waals surface area contributed by atoms with Crippen LogP contribution in [0.3, 0.4) is 0 Å². The summed E-state index contributed by atoms with van der Waals surface area (Å²) in [5.41, 5.74) is 3.81. The lowest BCUT2D eigenvalue weighted by atomic mass is 10.1. The number of carbonyl (C=O) groups excluding carboxylic acids is 1. The first-order valence-electron chi connectivity index (χ1n) is 9.69. The van der Waals surface area contributed by atoms with E-state index in [0.29, 0.717) is 17.9 Å². The Labute approximate surface area is 165 Å². The Morgan fingerprint density at radius 2 is 1.86 bits per heavy atom. The Kier molecular flexibility index (Phi) is 5.10. The molecule has 1 fully saturated rings. The fraction of sp³-hybridized carbons (Fsp3) is 0.318. The van der Waals surface area contributed by atoms with E-state index >= 15 is 0 Å². The highest BCUT2D eigenvalue weighted by atomic mass is 16.2. The van der Waals surface area contributed by atoms with Gasteiger partial charge in [0.05, 0.1) is 17.5 Å². The average Bonchev–Trinajstić information content (AvgIpc) is 3.38. The highest BCUT2D eigenvalue weighted by molar-refractivity contribution is 5.95. The molecule has 1 saturated heterocycles. The van der Waals surface area contributed by atoms with Crippen LogP contribution in [0.15, 0.2) is 54.9 Å². The van der Waals surface area contributed by atoms with Crippen molar-refractivity contribution in [2.75, 3.05) is 25.0 Å². The van der Waals surface area contributed by atoms with E-state index in [1.165, 1.54) is 24.1 Å². The molecule has 1 aromatic carbocycles. The molecule has 0 bridgehead atoms. The third-order valence-electron chi connectivity index (χ3n) is 5.30. The first kappa shape index (κ1) is 18.2. The van der Waals surface area contributed by atoms with Crippen molar-refractivity contribution in [2.24, 2.45) is 0 Å². The van der Waals surface area contributed by atoms with Crippen LogP contribution in [0.4, 0.5) is 5.69 Å². The molecule has 144 valence electrons. The van der Waals surface area contributed by atoms with Crippen molar-refractivity contribution in [3.8, 4) is 5.82 Å². The van der Waals surface area contributed by atoms with E-state index < -0.39 is 0 Å². The molecule has 4 rings (SSSR count). The zero-order chi connectivity index (χ0) is 19.5. The third kappa shape index (κ3) is 3.50. The molecule has 28 heavy (non-hydrogen) atoms. The molecule has 1 aliphatic rings. The summed E-state index contributed by atoms with van der Waals surface area (Å²) < 4.78 is 1.71. The quantitative estimate of drug-likeness (QED) is 0.685. The molecule has 6 nitrogen and oxygen atoms in total. The van der Waals surface area contributed by atoms with Gasteiger partial charge in [-0.2, -0.15) is 5.10 Å². The van der Waals surface area contributed by atoms with Gasteiger partial charge in [0.2, 0.25) is 0 Å². The minimum Gasteiger partial charge on any atom is -0.371 e. The monoisotopic (exact) mass is 375 g/mol. The van der Waals surface area contributed by atoms with Gasteiger partial charge in [0.1, 0.15) is 0 Å². The second-order valence-electron chi connectivity index (χ2n) is 7.23. The Balaban J connectivity index is 1.55. The molecular weight excluding hydrogens is 350 g/mol. The Bertz CT molecular complexity index is 960. The summed E-state index contributed by atoms with van der Waals surface area (Å²) in [6, 6.07) is 14.0. The van der Waals surface area contributed by atoms with Crippen LogP contribution in [-0.2, 0) is 6.54 Å². The SMILES string of the molecule is Cc1c(C(=O)N(C)Cc2ccccc2N2CCCC2)cnn1-c1ccccn1. The molecule has 3 heterocycles. The van der Waals surface area contributed by atoms with Crippen molar-refractivity contribution < 1.29 is 4.79 Å². The van der Waals surface area contributed by atoms with Gasteiger partial charge in [0.15, 0.2) is 5.82 Å². The highest BCUT2D eigenvalue weighted by Crippen LogP contribution is 2.26. The first-order valence-corrected chi connectivity index (χ1v) is 9.69. The maximum absolute atomic E-state index is 13.1. The highest BCUT2D eigenvalue weighted by Gasteiger charge is 2.21. The molecule has 6 heteroatoms. The van der Waals surface area contributed by atoms with Gasteiger partial charge in [-0.15, -0.1) is 0 Å². The molecule has 0 radical (unpaired) electrons. The predicted octanol–water partition coefficient (Wildman–Crippen LogP) is 3.45. The Morgan fingerprint density at radius 1 is 1.11 bits per heavy atom. The number of nitrogens with zero attached hydrogens (tertiary/aromatic N) is 5. The fourth-order valence-corrected chi connectivity index (χ4v) is 3.77. The van der Waals surface area contributed by atoms with E-state index in [0.717, 1.165) is 18.8 Å². The molecule has 1 aliphatic heterocycles. The van der Waals surface area contributed by atoms with Gasteiger partial charge in [-0.3, -0.25) is 4.79 Å². The lowest BCUT2D eigenvalue weighted by Crippen LogP contribution is -2.28. The summed E-state index contributed by atoms with van der Waals surface area (Å²) >= 11 is 0. The van der Waals surface area contributed by atoms with Crippen LogP contribution in [0.1, 0.15) is 34.5 Å². The normalized spacial score (nSPS) is 13.7. The molecule has 2 aromatic heterocycles. The largest absolute Gasteiger partial charge is 0.371 e. The number of rotatable bonds is 5. The van der Waals surface area contributed by atoms with Crippen LogP contribution in [0.2, 0.25) is 0 Å². The van der Waals surface area contributed by atoms with Crippen LogP contribution >= 0.6 is 0 Å². The number of hydrogen-bond acceptors (Lipinski definition) is 4. The molecule has 1 amide bonds. The number of benzene rings is 1. The maximum atomic E-state index is 13.1. The number of para-hydroxylation sites is 1. The van der Waals surface area contributed by atoms with Crippen LogP contribution < -0.4 is 4.90 Å². The van der Waals surface area contributed by atoms with Crippen molar-refractivity contribution in [1.29, 1.82) is 0 Å². The van der Waals surface area contributed by atoms with Gasteiger partial charge in [0, 0.05) is 38.6 Å². The second-order valence-corrected chi connectivity index (χ2v) is 7.23. The van der Waals surface area contributed by atoms with Crippen molar-refractivity contribution in [1.82, 2.24) is 19.7 Å². The topological polar surface area (TPSA) is 54.3 Å². The van der Waals surface area contributed by atoms with Crippen LogP contribution in [0.5, 0.6) is 0 Å². The number of anilines is 1. The zero-order valence-electron chi connectivity index (χ0n) is 16.4. The maximum Gasteiger partial charge on any atom is 0.257 e. The molecule has 3 aromatic rings. The molecule has 0 unspecified atom stereocenters. The Morgan fingerprint density at radius 3 is 2.61 bits per heavy atom. The second kappa shape index (κ2) is 7.84. The molecular formula is C22H25N5O. The zero-order valence-corrected chi connectivity index (χ0v) is 16.4. The molecule has 0 N–H and O–H groups in total. The van der Waals surface area contributed by atoms with Crippen LogP contribution in [0.25, 0.3) is 5.82 Å². The number of hydrogen-bond donors (Lipinski definition) is 0. The molecule has 0 saturated carbocycles. The van der Waals surface area contributed by atoms with Gasteiger partial charge in [-0.1, -0.05) is 24.3 Å². The average molecular weight is 375 g/mol. The fourth-order valence-electron chi connectivity index (χ4n) is 3.77. The van der Waals surface area contributed by atoms with Gasteiger partial charge in [-0.25, -0.2) is 9.67 Å². The van der Waals surface area contributed by atoms with E-state index in [9.17, 15) is 4.79 Å². The summed E-state index contributed by atoms with van der Waals surface area (Å²) in [4.78, 5) is 21.6. The van der Waals surface area contributed by atoms with Gasteiger partial charge in [-0.05, 0) is 43.5 Å². The van der Waals surface area contributed by atoms with Crippen LogP contribution in [0, 0.1) is 6.92 Å². The van der Waals surface area contributed by atoms with Crippen LogP contribution in [-0.4, -0.2) is 45.7 Å². The van der Waals surface area contributed by atoms with Gasteiger partial charge < -0.3 is 9.80 Å².